The summed E-state index contributed by atoms with van der Waals surface area (Å²) in [5, 5.41) is 2.54. The third-order valence-electron chi connectivity index (χ3n) is 6.30. The molecule has 4 rings (SSSR count). The van der Waals surface area contributed by atoms with Gasteiger partial charge in [0.1, 0.15) is 6.61 Å². The Kier molecular flexibility index (Phi) is 7.08. The number of halogens is 2. The Morgan fingerprint density at radius 2 is 2.03 bits per heavy atom. The lowest BCUT2D eigenvalue weighted by molar-refractivity contribution is -0.133. The van der Waals surface area contributed by atoms with Gasteiger partial charge in [-0.2, -0.15) is 8.78 Å². The van der Waals surface area contributed by atoms with Crippen LogP contribution in [-0.2, 0) is 19.1 Å². The Labute approximate surface area is 190 Å². The number of amides is 3. The standard InChI is InChI=1S/C22H28F2N4O5/c23-22(24)33-17-10-15(27-8-9-32-12-18(27)29)6-7-16(17)26-21(31)19(20(25)30)28(14-4-5-14)11-13-2-1-3-13/h6-7,10,13-14,19,22H,1-5,8-9,11-12H2,(H2,25,30)(H,26,31)/t19-/m1/s1. The van der Waals surface area contributed by atoms with Crippen LogP contribution in [0.1, 0.15) is 32.1 Å². The van der Waals surface area contributed by atoms with Gasteiger partial charge in [-0.25, -0.2) is 0 Å². The molecule has 11 heteroatoms. The molecule has 2 saturated carbocycles. The van der Waals surface area contributed by atoms with Gasteiger partial charge in [0.15, 0.2) is 11.8 Å². The van der Waals surface area contributed by atoms with Crippen molar-refractivity contribution in [1.82, 2.24) is 4.90 Å². The summed E-state index contributed by atoms with van der Waals surface area (Å²) in [6, 6.07) is 3.05. The predicted octanol–water partition coefficient (Wildman–Crippen LogP) is 1.71. The van der Waals surface area contributed by atoms with Crippen LogP contribution < -0.4 is 20.7 Å². The zero-order valence-electron chi connectivity index (χ0n) is 18.2. The molecule has 0 aromatic heterocycles. The molecule has 3 aliphatic rings. The smallest absolute Gasteiger partial charge is 0.387 e. The van der Waals surface area contributed by atoms with E-state index in [9.17, 15) is 23.2 Å². The normalized spacial score (nSPS) is 20.0. The van der Waals surface area contributed by atoms with Crippen molar-refractivity contribution in [2.75, 3.05) is 36.5 Å². The van der Waals surface area contributed by atoms with Crippen molar-refractivity contribution in [1.29, 1.82) is 0 Å². The molecule has 3 amide bonds. The highest BCUT2D eigenvalue weighted by Crippen LogP contribution is 2.36. The van der Waals surface area contributed by atoms with Crippen molar-refractivity contribution in [3.63, 3.8) is 0 Å². The first kappa shape index (κ1) is 23.4. The van der Waals surface area contributed by atoms with E-state index in [-0.39, 0.29) is 36.5 Å². The number of rotatable bonds is 10. The number of carbonyl (C=O) groups is 3. The summed E-state index contributed by atoms with van der Waals surface area (Å²) in [6.45, 7) is -2.08. The zero-order chi connectivity index (χ0) is 23.5. The minimum atomic E-state index is -3.15. The van der Waals surface area contributed by atoms with Crippen LogP contribution in [0.15, 0.2) is 18.2 Å². The van der Waals surface area contributed by atoms with Crippen LogP contribution in [0.4, 0.5) is 20.2 Å². The molecule has 1 aromatic carbocycles. The summed E-state index contributed by atoms with van der Waals surface area (Å²) in [5.74, 6) is -1.68. The molecule has 1 heterocycles. The van der Waals surface area contributed by atoms with Crippen molar-refractivity contribution in [3.8, 4) is 5.75 Å². The Balaban J connectivity index is 1.55. The van der Waals surface area contributed by atoms with Crippen LogP contribution in [0.25, 0.3) is 0 Å². The Morgan fingerprint density at radius 1 is 1.27 bits per heavy atom. The number of primary amides is 1. The van der Waals surface area contributed by atoms with E-state index in [1.54, 1.807) is 0 Å². The monoisotopic (exact) mass is 466 g/mol. The number of carbonyl (C=O) groups excluding carboxylic acids is 3. The van der Waals surface area contributed by atoms with Gasteiger partial charge in [0.25, 0.3) is 11.8 Å². The summed E-state index contributed by atoms with van der Waals surface area (Å²) in [5.41, 5.74) is 5.91. The molecule has 0 unspecified atom stereocenters. The number of hydrogen-bond acceptors (Lipinski definition) is 6. The van der Waals surface area contributed by atoms with E-state index < -0.39 is 24.5 Å². The maximum atomic E-state index is 13.1. The second kappa shape index (κ2) is 10.0. The van der Waals surface area contributed by atoms with Gasteiger partial charge in [0.05, 0.1) is 12.3 Å². The van der Waals surface area contributed by atoms with Crippen molar-refractivity contribution < 1.29 is 32.6 Å². The number of nitrogens with zero attached hydrogens (tertiary/aromatic N) is 2. The molecule has 9 nitrogen and oxygen atoms in total. The Bertz CT molecular complexity index is 907. The molecule has 33 heavy (non-hydrogen) atoms. The number of nitrogens with one attached hydrogen (secondary N) is 1. The summed E-state index contributed by atoms with van der Waals surface area (Å²) in [6.07, 6.45) is 4.98. The van der Waals surface area contributed by atoms with Gasteiger partial charge in [-0.1, -0.05) is 6.42 Å². The molecule has 1 aliphatic heterocycles. The molecule has 3 N–H and O–H groups in total. The summed E-state index contributed by atoms with van der Waals surface area (Å²) >= 11 is 0. The molecule has 3 fully saturated rings. The predicted molar refractivity (Wildman–Crippen MR) is 115 cm³/mol. The third-order valence-corrected chi connectivity index (χ3v) is 6.30. The number of morpholine rings is 1. The molecule has 2 aliphatic carbocycles. The van der Waals surface area contributed by atoms with Crippen LogP contribution in [-0.4, -0.2) is 67.6 Å². The average molecular weight is 466 g/mol. The molecule has 0 spiro atoms. The fourth-order valence-corrected chi connectivity index (χ4v) is 4.26. The van der Waals surface area contributed by atoms with Gasteiger partial charge in [0, 0.05) is 30.9 Å². The second-order valence-electron chi connectivity index (χ2n) is 8.68. The van der Waals surface area contributed by atoms with Gasteiger partial charge >= 0.3 is 6.61 Å². The first-order chi connectivity index (χ1) is 15.8. The number of hydrogen-bond donors (Lipinski definition) is 2. The number of nitrogens with two attached hydrogens (primary N) is 1. The third kappa shape index (κ3) is 5.59. The van der Waals surface area contributed by atoms with E-state index in [1.165, 1.54) is 23.1 Å². The van der Waals surface area contributed by atoms with Crippen LogP contribution >= 0.6 is 0 Å². The molecule has 1 aromatic rings. The molecule has 1 atom stereocenters. The fraction of sp³-hybridized carbons (Fsp3) is 0.591. The average Bonchev–Trinajstić information content (AvgIpc) is 3.55. The molecular formula is C22H28F2N4O5. The van der Waals surface area contributed by atoms with Gasteiger partial charge < -0.3 is 25.4 Å². The lowest BCUT2D eigenvalue weighted by atomic mass is 9.84. The first-order valence-electron chi connectivity index (χ1n) is 11.2. The van der Waals surface area contributed by atoms with E-state index in [0.29, 0.717) is 24.8 Å². The zero-order valence-corrected chi connectivity index (χ0v) is 18.2. The number of anilines is 2. The molecule has 0 bridgehead atoms. The quantitative estimate of drug-likeness (QED) is 0.508. The number of ether oxygens (including phenoxy) is 2. The SMILES string of the molecule is NC(=O)[C@H](C(=O)Nc1ccc(N2CCOCC2=O)cc1OC(F)F)N(CC1CCC1)C1CC1. The number of alkyl halides is 2. The van der Waals surface area contributed by atoms with Gasteiger partial charge in [-0.15, -0.1) is 0 Å². The minimum Gasteiger partial charge on any atom is -0.433 e. The second-order valence-corrected chi connectivity index (χ2v) is 8.68. The summed E-state index contributed by atoms with van der Waals surface area (Å²) in [4.78, 5) is 40.7. The lowest BCUT2D eigenvalue weighted by Gasteiger charge is -2.35. The largest absolute Gasteiger partial charge is 0.433 e. The van der Waals surface area contributed by atoms with Gasteiger partial charge in [0.2, 0.25) is 5.91 Å². The van der Waals surface area contributed by atoms with Crippen LogP contribution in [0.2, 0.25) is 0 Å². The molecule has 180 valence electrons. The highest BCUT2D eigenvalue weighted by Gasteiger charge is 2.42. The van der Waals surface area contributed by atoms with Crippen LogP contribution in [0.5, 0.6) is 5.75 Å². The molecule has 1 saturated heterocycles. The fourth-order valence-electron chi connectivity index (χ4n) is 4.26. The molecular weight excluding hydrogens is 438 g/mol. The topological polar surface area (TPSA) is 114 Å². The maximum absolute atomic E-state index is 13.1. The highest BCUT2D eigenvalue weighted by atomic mass is 19.3. The van der Waals surface area contributed by atoms with Crippen LogP contribution in [0.3, 0.4) is 0 Å². The molecule has 0 radical (unpaired) electrons. The van der Waals surface area contributed by atoms with Crippen molar-refractivity contribution in [2.45, 2.75) is 50.8 Å². The minimum absolute atomic E-state index is 0.0320. The van der Waals surface area contributed by atoms with E-state index in [4.69, 9.17) is 10.5 Å². The summed E-state index contributed by atoms with van der Waals surface area (Å²) < 4.78 is 35.9. The van der Waals surface area contributed by atoms with E-state index in [2.05, 4.69) is 10.1 Å². The van der Waals surface area contributed by atoms with E-state index in [1.807, 2.05) is 4.90 Å². The van der Waals surface area contributed by atoms with Crippen molar-refractivity contribution in [2.24, 2.45) is 11.7 Å². The summed E-state index contributed by atoms with van der Waals surface area (Å²) in [7, 11) is 0. The van der Waals surface area contributed by atoms with Crippen molar-refractivity contribution in [3.05, 3.63) is 18.2 Å². The first-order valence-corrected chi connectivity index (χ1v) is 11.2. The van der Waals surface area contributed by atoms with Crippen LogP contribution in [0, 0.1) is 5.92 Å². The number of benzene rings is 1. The highest BCUT2D eigenvalue weighted by molar-refractivity contribution is 6.10. The Hall–Kier alpha value is -2.79. The van der Waals surface area contributed by atoms with Crippen molar-refractivity contribution >= 4 is 29.1 Å². The van der Waals surface area contributed by atoms with Gasteiger partial charge in [-0.05, 0) is 43.7 Å². The lowest BCUT2D eigenvalue weighted by Crippen LogP contribution is -2.54. The van der Waals surface area contributed by atoms with E-state index in [0.717, 1.165) is 32.1 Å². The van der Waals surface area contributed by atoms with E-state index >= 15 is 0 Å². The van der Waals surface area contributed by atoms with Gasteiger partial charge in [-0.3, -0.25) is 19.3 Å². The Morgan fingerprint density at radius 3 is 2.61 bits per heavy atom. The maximum Gasteiger partial charge on any atom is 0.387 e.